The molecule has 0 amide bonds. The van der Waals surface area contributed by atoms with Crippen molar-refractivity contribution in [1.29, 1.82) is 5.26 Å². The third-order valence-corrected chi connectivity index (χ3v) is 6.59. The molecule has 0 aromatic heterocycles. The van der Waals surface area contributed by atoms with Crippen LogP contribution in [0.2, 0.25) is 0 Å². The van der Waals surface area contributed by atoms with Crippen LogP contribution in [0.3, 0.4) is 0 Å². The second-order valence-electron chi connectivity index (χ2n) is 6.54. The highest BCUT2D eigenvalue weighted by Gasteiger charge is 2.36. The van der Waals surface area contributed by atoms with Crippen LogP contribution in [0.1, 0.15) is 17.5 Å². The Kier molecular flexibility index (Phi) is 5.82. The Morgan fingerprint density at radius 2 is 1.66 bits per heavy atom. The molecule has 0 saturated carbocycles. The number of hydrogen-bond acceptors (Lipinski definition) is 4. The highest BCUT2D eigenvalue weighted by Crippen LogP contribution is 2.33. The van der Waals surface area contributed by atoms with Crippen molar-refractivity contribution in [3.8, 4) is 6.07 Å². The van der Waals surface area contributed by atoms with Crippen LogP contribution in [-0.2, 0) is 16.2 Å². The average molecular weight is 427 g/mol. The van der Waals surface area contributed by atoms with Gasteiger partial charge in [0.05, 0.1) is 22.1 Å². The van der Waals surface area contributed by atoms with Crippen LogP contribution < -0.4 is 4.90 Å². The molecular weight excluding hydrogens is 410 g/mol. The Morgan fingerprint density at radius 1 is 0.966 bits per heavy atom. The molecule has 154 valence electrons. The summed E-state index contributed by atoms with van der Waals surface area (Å²) in [6, 6.07) is 10.6. The molecule has 1 aliphatic rings. The maximum atomic E-state index is 13.5. The summed E-state index contributed by atoms with van der Waals surface area (Å²) >= 11 is 0. The Bertz CT molecular complexity index is 1030. The molecule has 1 saturated heterocycles. The Morgan fingerprint density at radius 3 is 2.28 bits per heavy atom. The molecule has 2 aromatic rings. The Labute approximate surface area is 165 Å². The van der Waals surface area contributed by atoms with E-state index in [1.165, 1.54) is 0 Å². The first-order chi connectivity index (χ1) is 13.6. The van der Waals surface area contributed by atoms with E-state index in [1.54, 1.807) is 24.3 Å². The number of sulfonamides is 1. The lowest BCUT2D eigenvalue weighted by Crippen LogP contribution is -2.35. The van der Waals surface area contributed by atoms with Gasteiger partial charge in [0.1, 0.15) is 5.82 Å². The minimum absolute atomic E-state index is 0.0705. The molecule has 0 N–H and O–H groups in total. The molecule has 1 aliphatic heterocycles. The predicted molar refractivity (Wildman–Crippen MR) is 98.1 cm³/mol. The monoisotopic (exact) mass is 427 g/mol. The largest absolute Gasteiger partial charge is 0.419 e. The molecule has 1 fully saturated rings. The molecular formula is C19H17F4N3O2S. The number of nitriles is 1. The van der Waals surface area contributed by atoms with Crippen molar-refractivity contribution in [2.45, 2.75) is 17.5 Å². The quantitative estimate of drug-likeness (QED) is 0.702. The highest BCUT2D eigenvalue weighted by atomic mass is 32.2. The van der Waals surface area contributed by atoms with Crippen LogP contribution in [0.5, 0.6) is 0 Å². The first-order valence-electron chi connectivity index (χ1n) is 8.75. The van der Waals surface area contributed by atoms with Gasteiger partial charge in [0, 0.05) is 31.9 Å². The van der Waals surface area contributed by atoms with Gasteiger partial charge in [-0.1, -0.05) is 0 Å². The summed E-state index contributed by atoms with van der Waals surface area (Å²) in [5.74, 6) is -1.51. The van der Waals surface area contributed by atoms with E-state index in [2.05, 4.69) is 0 Å². The second kappa shape index (κ2) is 8.00. The Balaban J connectivity index is 1.81. The van der Waals surface area contributed by atoms with Gasteiger partial charge in [0.15, 0.2) is 0 Å². The lowest BCUT2D eigenvalue weighted by molar-refractivity contribution is -0.140. The second-order valence-corrected chi connectivity index (χ2v) is 8.48. The summed E-state index contributed by atoms with van der Waals surface area (Å²) in [5.41, 5.74) is -0.276. The molecule has 2 aromatic carbocycles. The van der Waals surface area contributed by atoms with Gasteiger partial charge in [0.25, 0.3) is 0 Å². The molecule has 5 nitrogen and oxygen atoms in total. The summed E-state index contributed by atoms with van der Waals surface area (Å²) in [6.45, 7) is 1.09. The van der Waals surface area contributed by atoms with Crippen LogP contribution in [0.15, 0.2) is 47.4 Å². The van der Waals surface area contributed by atoms with E-state index >= 15 is 0 Å². The van der Waals surface area contributed by atoms with Crippen molar-refractivity contribution < 1.29 is 26.0 Å². The topological polar surface area (TPSA) is 64.4 Å². The minimum Gasteiger partial charge on any atom is -0.370 e. The molecule has 0 unspecified atom stereocenters. The van der Waals surface area contributed by atoms with Gasteiger partial charge in [0.2, 0.25) is 10.0 Å². The number of nitrogens with zero attached hydrogens (tertiary/aromatic N) is 3. The van der Waals surface area contributed by atoms with Gasteiger partial charge in [-0.15, -0.1) is 0 Å². The molecule has 0 aliphatic carbocycles. The normalized spacial score (nSPS) is 16.3. The number of anilines is 1. The lowest BCUT2D eigenvalue weighted by atomic mass is 10.2. The van der Waals surface area contributed by atoms with Gasteiger partial charge in [-0.05, 0) is 48.9 Å². The fourth-order valence-electron chi connectivity index (χ4n) is 3.17. The smallest absolute Gasteiger partial charge is 0.370 e. The van der Waals surface area contributed by atoms with Gasteiger partial charge in [-0.3, -0.25) is 0 Å². The van der Waals surface area contributed by atoms with E-state index < -0.39 is 32.5 Å². The maximum absolute atomic E-state index is 13.5. The fourth-order valence-corrected chi connectivity index (χ4v) is 4.67. The summed E-state index contributed by atoms with van der Waals surface area (Å²) < 4.78 is 79.1. The van der Waals surface area contributed by atoms with Crippen molar-refractivity contribution in [3.05, 3.63) is 59.4 Å². The summed E-state index contributed by atoms with van der Waals surface area (Å²) in [6.07, 6.45) is -4.52. The first-order valence-corrected chi connectivity index (χ1v) is 10.2. The molecule has 0 spiro atoms. The third-order valence-electron chi connectivity index (χ3n) is 4.70. The number of rotatable bonds is 3. The standard InChI is InChI=1S/C19H17F4N3O2S/c20-18-7-6-16(12-17(18)19(21,22)23)29(27,28)26-9-1-8-25(10-11-26)15-4-2-14(13-24)3-5-15/h2-7,12H,1,8-11H2. The van der Waals surface area contributed by atoms with E-state index in [0.717, 1.165) is 16.1 Å². The number of alkyl halides is 3. The number of halogens is 4. The Hall–Kier alpha value is -2.64. The van der Waals surface area contributed by atoms with Crippen molar-refractivity contribution in [3.63, 3.8) is 0 Å². The highest BCUT2D eigenvalue weighted by molar-refractivity contribution is 7.89. The zero-order valence-corrected chi connectivity index (χ0v) is 16.0. The van der Waals surface area contributed by atoms with E-state index in [4.69, 9.17) is 5.26 Å². The molecule has 0 bridgehead atoms. The third kappa shape index (κ3) is 4.52. The van der Waals surface area contributed by atoms with Crippen molar-refractivity contribution >= 4 is 15.7 Å². The van der Waals surface area contributed by atoms with Gasteiger partial charge in [-0.25, -0.2) is 12.8 Å². The van der Waals surface area contributed by atoms with Crippen LogP contribution in [-0.4, -0.2) is 38.9 Å². The summed E-state index contributed by atoms with van der Waals surface area (Å²) in [7, 11) is -4.20. The molecule has 0 radical (unpaired) electrons. The van der Waals surface area contributed by atoms with Gasteiger partial charge >= 0.3 is 6.18 Å². The SMILES string of the molecule is N#Cc1ccc(N2CCCN(S(=O)(=O)c3ccc(F)c(C(F)(F)F)c3)CC2)cc1. The molecule has 1 heterocycles. The van der Waals surface area contributed by atoms with Crippen LogP contribution in [0, 0.1) is 17.1 Å². The maximum Gasteiger partial charge on any atom is 0.419 e. The van der Waals surface area contributed by atoms with Crippen molar-refractivity contribution in [1.82, 2.24) is 4.31 Å². The molecule has 10 heteroatoms. The van der Waals surface area contributed by atoms with Crippen LogP contribution in [0.4, 0.5) is 23.2 Å². The molecule has 29 heavy (non-hydrogen) atoms. The van der Waals surface area contributed by atoms with Gasteiger partial charge in [-0.2, -0.15) is 22.7 Å². The summed E-state index contributed by atoms with van der Waals surface area (Å²) in [4.78, 5) is 1.36. The first kappa shape index (κ1) is 21.1. The molecule has 3 rings (SSSR count). The van der Waals surface area contributed by atoms with E-state index in [1.807, 2.05) is 11.0 Å². The van der Waals surface area contributed by atoms with Crippen molar-refractivity contribution in [2.75, 3.05) is 31.1 Å². The van der Waals surface area contributed by atoms with Crippen molar-refractivity contribution in [2.24, 2.45) is 0 Å². The number of benzene rings is 2. The zero-order valence-electron chi connectivity index (χ0n) is 15.2. The zero-order chi connectivity index (χ0) is 21.2. The van der Waals surface area contributed by atoms with E-state index in [-0.39, 0.29) is 13.1 Å². The lowest BCUT2D eigenvalue weighted by Gasteiger charge is -2.23. The summed E-state index contributed by atoms with van der Waals surface area (Å²) in [5, 5.41) is 8.87. The number of hydrogen-bond donors (Lipinski definition) is 0. The van der Waals surface area contributed by atoms with Crippen LogP contribution in [0.25, 0.3) is 0 Å². The molecule has 0 atom stereocenters. The minimum atomic E-state index is -4.99. The predicted octanol–water partition coefficient (Wildman–Crippen LogP) is 3.62. The van der Waals surface area contributed by atoms with E-state index in [0.29, 0.717) is 37.2 Å². The average Bonchev–Trinajstić information content (AvgIpc) is 2.94. The van der Waals surface area contributed by atoms with Crippen LogP contribution >= 0.6 is 0 Å². The van der Waals surface area contributed by atoms with Gasteiger partial charge < -0.3 is 4.90 Å². The van der Waals surface area contributed by atoms with E-state index in [9.17, 15) is 26.0 Å². The fraction of sp³-hybridized carbons (Fsp3) is 0.316.